The molecule has 1 aromatic carbocycles. The fraction of sp³-hybridized carbons (Fsp3) is 0.286. The Labute approximate surface area is 121 Å². The quantitative estimate of drug-likeness (QED) is 0.915. The summed E-state index contributed by atoms with van der Waals surface area (Å²) in [5.74, 6) is -0.117. The molecule has 19 heavy (non-hydrogen) atoms. The van der Waals surface area contributed by atoms with Gasteiger partial charge in [0.15, 0.2) is 11.6 Å². The second-order valence-electron chi connectivity index (χ2n) is 4.18. The second-order valence-corrected chi connectivity index (χ2v) is 5.47. The monoisotopic (exact) mass is 299 g/mol. The van der Waals surface area contributed by atoms with Crippen LogP contribution in [-0.2, 0) is 0 Å². The summed E-state index contributed by atoms with van der Waals surface area (Å²) in [4.78, 5) is 0.911. The van der Waals surface area contributed by atoms with Crippen molar-refractivity contribution in [3.63, 3.8) is 0 Å². The van der Waals surface area contributed by atoms with Gasteiger partial charge in [0.2, 0.25) is 0 Å². The first-order valence-electron chi connectivity index (χ1n) is 5.83. The molecule has 1 atom stereocenters. The predicted octanol–water partition coefficient (Wildman–Crippen LogP) is 4.17. The molecule has 0 amide bonds. The molecule has 0 aliphatic heterocycles. The van der Waals surface area contributed by atoms with Crippen molar-refractivity contribution in [1.82, 2.24) is 5.32 Å². The fourth-order valence-corrected chi connectivity index (χ4v) is 3.41. The average molecular weight is 300 g/mol. The van der Waals surface area contributed by atoms with E-state index in [2.05, 4.69) is 5.32 Å². The van der Waals surface area contributed by atoms with Crippen LogP contribution >= 0.6 is 22.9 Å². The molecule has 0 bridgehead atoms. The van der Waals surface area contributed by atoms with Crippen LogP contribution in [0.1, 0.15) is 22.0 Å². The van der Waals surface area contributed by atoms with Gasteiger partial charge in [-0.1, -0.05) is 23.7 Å². The van der Waals surface area contributed by atoms with Gasteiger partial charge in [-0.25, -0.2) is 4.39 Å². The predicted molar refractivity (Wildman–Crippen MR) is 77.9 cm³/mol. The molecule has 2 nitrogen and oxygen atoms in total. The average Bonchev–Trinajstić information content (AvgIpc) is 2.74. The minimum absolute atomic E-state index is 0.238. The summed E-state index contributed by atoms with van der Waals surface area (Å²) < 4.78 is 19.3. The molecule has 102 valence electrons. The maximum atomic E-state index is 14.3. The largest absolute Gasteiger partial charge is 0.494 e. The Hall–Kier alpha value is -1.10. The third-order valence-electron chi connectivity index (χ3n) is 3.00. The number of hydrogen-bond donors (Lipinski definition) is 1. The van der Waals surface area contributed by atoms with Crippen LogP contribution in [0.4, 0.5) is 4.39 Å². The van der Waals surface area contributed by atoms with Crippen LogP contribution in [0, 0.1) is 12.7 Å². The summed E-state index contributed by atoms with van der Waals surface area (Å²) >= 11 is 7.80. The van der Waals surface area contributed by atoms with Crippen molar-refractivity contribution in [1.29, 1.82) is 0 Å². The van der Waals surface area contributed by atoms with Gasteiger partial charge in [-0.3, -0.25) is 0 Å². The summed E-state index contributed by atoms with van der Waals surface area (Å²) in [7, 11) is 3.24. The number of hydrogen-bond acceptors (Lipinski definition) is 3. The van der Waals surface area contributed by atoms with Crippen LogP contribution in [0.15, 0.2) is 23.6 Å². The van der Waals surface area contributed by atoms with E-state index in [-0.39, 0.29) is 17.6 Å². The van der Waals surface area contributed by atoms with Crippen molar-refractivity contribution >= 4 is 22.9 Å². The summed E-state index contributed by atoms with van der Waals surface area (Å²) in [5.41, 5.74) is 1.54. The molecule has 1 unspecified atom stereocenters. The number of ether oxygens (including phenoxy) is 1. The maximum absolute atomic E-state index is 14.3. The molecule has 2 aromatic rings. The zero-order valence-corrected chi connectivity index (χ0v) is 12.5. The highest BCUT2D eigenvalue weighted by molar-refractivity contribution is 7.10. The first-order chi connectivity index (χ1) is 9.10. The van der Waals surface area contributed by atoms with Crippen LogP contribution in [0.5, 0.6) is 5.75 Å². The van der Waals surface area contributed by atoms with E-state index >= 15 is 0 Å². The van der Waals surface area contributed by atoms with Crippen molar-refractivity contribution in [3.05, 3.63) is 50.4 Å². The van der Waals surface area contributed by atoms with E-state index in [1.165, 1.54) is 18.4 Å². The number of thiophene rings is 1. The lowest BCUT2D eigenvalue weighted by Crippen LogP contribution is -2.18. The minimum Gasteiger partial charge on any atom is -0.494 e. The van der Waals surface area contributed by atoms with Gasteiger partial charge in [0.1, 0.15) is 0 Å². The number of halogens is 2. The third-order valence-corrected chi connectivity index (χ3v) is 4.78. The topological polar surface area (TPSA) is 21.3 Å². The molecule has 0 spiro atoms. The van der Waals surface area contributed by atoms with Crippen molar-refractivity contribution < 1.29 is 9.13 Å². The van der Waals surface area contributed by atoms with Crippen LogP contribution in [-0.4, -0.2) is 14.2 Å². The first kappa shape index (κ1) is 14.3. The van der Waals surface area contributed by atoms with Crippen LogP contribution in [0.3, 0.4) is 0 Å². The second kappa shape index (κ2) is 5.90. The highest BCUT2D eigenvalue weighted by atomic mass is 35.5. The van der Waals surface area contributed by atoms with E-state index in [1.807, 2.05) is 12.3 Å². The van der Waals surface area contributed by atoms with Crippen molar-refractivity contribution in [2.24, 2.45) is 0 Å². The Balaban J connectivity index is 2.51. The van der Waals surface area contributed by atoms with E-state index in [0.717, 1.165) is 10.4 Å². The Morgan fingerprint density at radius 3 is 2.68 bits per heavy atom. The molecular formula is C14H15ClFNOS. The number of aryl methyl sites for hydroxylation is 1. The van der Waals surface area contributed by atoms with Gasteiger partial charge >= 0.3 is 0 Å². The molecule has 1 heterocycles. The number of benzene rings is 1. The summed E-state index contributed by atoms with van der Waals surface area (Å²) in [6.07, 6.45) is 0. The number of rotatable bonds is 4. The van der Waals surface area contributed by atoms with E-state index in [9.17, 15) is 4.39 Å². The van der Waals surface area contributed by atoms with Gasteiger partial charge in [0.25, 0.3) is 0 Å². The Morgan fingerprint density at radius 1 is 1.42 bits per heavy atom. The van der Waals surface area contributed by atoms with Crippen LogP contribution in [0.2, 0.25) is 5.02 Å². The number of nitrogens with one attached hydrogen (secondary N) is 1. The Kier molecular flexibility index (Phi) is 4.45. The van der Waals surface area contributed by atoms with Crippen molar-refractivity contribution in [2.75, 3.05) is 14.2 Å². The molecule has 0 radical (unpaired) electrons. The standard InChI is InChI=1S/C14H15ClFNOS/c1-8-7-19-14(11(8)15)13(17-2)9-5-4-6-10(18-3)12(9)16/h4-7,13,17H,1-3H3. The summed E-state index contributed by atoms with van der Waals surface area (Å²) in [6, 6.07) is 4.84. The molecule has 0 saturated carbocycles. The zero-order valence-electron chi connectivity index (χ0n) is 11.0. The van der Waals surface area contributed by atoms with Gasteiger partial charge in [-0.2, -0.15) is 0 Å². The van der Waals surface area contributed by atoms with E-state index in [0.29, 0.717) is 10.6 Å². The summed E-state index contributed by atoms with van der Waals surface area (Å²) in [6.45, 7) is 1.94. The molecule has 1 N–H and O–H groups in total. The highest BCUT2D eigenvalue weighted by Crippen LogP contribution is 2.37. The van der Waals surface area contributed by atoms with Crippen LogP contribution < -0.4 is 10.1 Å². The van der Waals surface area contributed by atoms with Gasteiger partial charge in [-0.15, -0.1) is 11.3 Å². The minimum atomic E-state index is -0.355. The number of methoxy groups -OCH3 is 1. The molecule has 0 fully saturated rings. The van der Waals surface area contributed by atoms with Crippen LogP contribution in [0.25, 0.3) is 0 Å². The lowest BCUT2D eigenvalue weighted by atomic mass is 10.0. The lowest BCUT2D eigenvalue weighted by Gasteiger charge is -2.18. The molecule has 2 rings (SSSR count). The van der Waals surface area contributed by atoms with E-state index in [4.69, 9.17) is 16.3 Å². The molecule has 0 saturated heterocycles. The molecule has 0 aliphatic carbocycles. The van der Waals surface area contributed by atoms with Crippen molar-refractivity contribution in [2.45, 2.75) is 13.0 Å². The molecular weight excluding hydrogens is 285 g/mol. The first-order valence-corrected chi connectivity index (χ1v) is 7.09. The molecule has 1 aromatic heterocycles. The van der Waals surface area contributed by atoms with Gasteiger partial charge < -0.3 is 10.1 Å². The smallest absolute Gasteiger partial charge is 0.170 e. The normalized spacial score (nSPS) is 12.5. The Bertz CT molecular complexity index is 585. The van der Waals surface area contributed by atoms with E-state index < -0.39 is 0 Å². The van der Waals surface area contributed by atoms with Gasteiger partial charge in [-0.05, 0) is 31.0 Å². The third kappa shape index (κ3) is 2.61. The molecule has 0 aliphatic rings. The highest BCUT2D eigenvalue weighted by Gasteiger charge is 2.22. The SMILES string of the molecule is CNC(c1cccc(OC)c1F)c1scc(C)c1Cl. The van der Waals surface area contributed by atoms with Gasteiger partial charge in [0, 0.05) is 10.4 Å². The zero-order chi connectivity index (χ0) is 14.0. The lowest BCUT2D eigenvalue weighted by molar-refractivity contribution is 0.382. The molecule has 5 heteroatoms. The van der Waals surface area contributed by atoms with E-state index in [1.54, 1.807) is 25.2 Å². The Morgan fingerprint density at radius 2 is 2.16 bits per heavy atom. The maximum Gasteiger partial charge on any atom is 0.170 e. The van der Waals surface area contributed by atoms with Crippen molar-refractivity contribution in [3.8, 4) is 5.75 Å². The van der Waals surface area contributed by atoms with Gasteiger partial charge in [0.05, 0.1) is 18.2 Å². The fourth-order valence-electron chi connectivity index (χ4n) is 1.98. The summed E-state index contributed by atoms with van der Waals surface area (Å²) in [5, 5.41) is 5.77.